The highest BCUT2D eigenvalue weighted by Gasteiger charge is 2.45. The molecule has 3 aliphatic rings. The number of amides is 4. The summed E-state index contributed by atoms with van der Waals surface area (Å²) in [5.74, 6) is -1.60. The van der Waals surface area contributed by atoms with Crippen LogP contribution in [-0.2, 0) is 30.3 Å². The van der Waals surface area contributed by atoms with Crippen LogP contribution in [0.25, 0.3) is 28.1 Å². The third kappa shape index (κ3) is 8.18. The van der Waals surface area contributed by atoms with Gasteiger partial charge in [-0.25, -0.2) is 14.6 Å². The molecule has 4 aromatic heterocycles. The van der Waals surface area contributed by atoms with E-state index in [-0.39, 0.29) is 24.0 Å². The number of ether oxygens (including phenoxy) is 3. The number of carbonyl (C=O) groups is 4. The molecule has 5 aromatic rings. The molecule has 57 heavy (non-hydrogen) atoms. The Morgan fingerprint density at radius 3 is 2.47 bits per heavy atom. The second-order valence-electron chi connectivity index (χ2n) is 13.6. The normalized spacial score (nSPS) is 16.5. The van der Waals surface area contributed by atoms with E-state index in [1.54, 1.807) is 46.0 Å². The molecule has 4 amide bonds. The second kappa shape index (κ2) is 16.6. The van der Waals surface area contributed by atoms with Crippen LogP contribution in [0.15, 0.2) is 55.1 Å². The third-order valence-electron chi connectivity index (χ3n) is 9.63. The molecule has 0 radical (unpaired) electrons. The fourth-order valence-electron chi connectivity index (χ4n) is 6.63. The van der Waals surface area contributed by atoms with Crippen LogP contribution in [-0.4, -0.2) is 122 Å². The number of benzene rings is 1. The number of carbonyl (C=O) groups excluding carboxylic acids is 4. The van der Waals surface area contributed by atoms with Gasteiger partial charge in [-0.2, -0.15) is 15.0 Å². The molecule has 1 unspecified atom stereocenters. The summed E-state index contributed by atoms with van der Waals surface area (Å²) >= 11 is 0. The van der Waals surface area contributed by atoms with Gasteiger partial charge in [-0.15, -0.1) is 5.10 Å². The molecule has 1 atom stereocenters. The van der Waals surface area contributed by atoms with Crippen LogP contribution in [0.3, 0.4) is 0 Å². The first-order valence-corrected chi connectivity index (χ1v) is 18.6. The lowest BCUT2D eigenvalue weighted by molar-refractivity contribution is -0.136. The van der Waals surface area contributed by atoms with Gasteiger partial charge >= 0.3 is 0 Å². The summed E-state index contributed by atoms with van der Waals surface area (Å²) in [5.41, 5.74) is 4.31. The maximum Gasteiger partial charge on any atom is 0.264 e. The highest BCUT2D eigenvalue weighted by Crippen LogP contribution is 2.34. The molecule has 2 aliphatic heterocycles. The molecule has 292 valence electrons. The highest BCUT2D eigenvalue weighted by atomic mass is 16.5. The minimum Gasteiger partial charge on any atom is -0.382 e. The zero-order valence-electron chi connectivity index (χ0n) is 30.7. The second-order valence-corrected chi connectivity index (χ2v) is 13.6. The van der Waals surface area contributed by atoms with E-state index in [1.165, 1.54) is 6.20 Å². The van der Waals surface area contributed by atoms with Crippen LogP contribution in [0.2, 0.25) is 0 Å². The number of pyridine rings is 2. The van der Waals surface area contributed by atoms with Crippen molar-refractivity contribution in [3.63, 3.8) is 0 Å². The van der Waals surface area contributed by atoms with Crippen molar-refractivity contribution in [2.75, 3.05) is 56.8 Å². The van der Waals surface area contributed by atoms with Crippen molar-refractivity contribution < 1.29 is 33.4 Å². The molecular formula is C38H38N12O7. The topological polar surface area (TPSA) is 233 Å². The molecule has 6 heterocycles. The summed E-state index contributed by atoms with van der Waals surface area (Å²) in [6.07, 6.45) is 9.11. The van der Waals surface area contributed by atoms with E-state index < -0.39 is 29.7 Å². The highest BCUT2D eigenvalue weighted by molar-refractivity contribution is 6.25. The molecule has 1 aromatic carbocycles. The Labute approximate surface area is 325 Å². The van der Waals surface area contributed by atoms with E-state index >= 15 is 0 Å². The fraction of sp³-hybridized carbons (Fsp3) is 0.368. The predicted octanol–water partition coefficient (Wildman–Crippen LogP) is 2.08. The van der Waals surface area contributed by atoms with Crippen molar-refractivity contribution in [3.8, 4) is 23.1 Å². The van der Waals surface area contributed by atoms with Crippen molar-refractivity contribution in [3.05, 3.63) is 71.8 Å². The van der Waals surface area contributed by atoms with Crippen LogP contribution in [0.1, 0.15) is 52.0 Å². The minimum absolute atomic E-state index is 0.0590. The van der Waals surface area contributed by atoms with Gasteiger partial charge < -0.3 is 24.8 Å². The van der Waals surface area contributed by atoms with Crippen LogP contribution in [0, 0.1) is 11.3 Å². The van der Waals surface area contributed by atoms with E-state index in [4.69, 9.17) is 14.2 Å². The summed E-state index contributed by atoms with van der Waals surface area (Å²) in [4.78, 5) is 60.2. The van der Waals surface area contributed by atoms with E-state index in [0.29, 0.717) is 87.2 Å². The van der Waals surface area contributed by atoms with Crippen LogP contribution in [0.4, 0.5) is 11.4 Å². The van der Waals surface area contributed by atoms with Crippen molar-refractivity contribution >= 4 is 46.0 Å². The molecule has 19 heteroatoms. The van der Waals surface area contributed by atoms with Crippen LogP contribution in [0.5, 0.6) is 0 Å². The summed E-state index contributed by atoms with van der Waals surface area (Å²) < 4.78 is 20.4. The smallest absolute Gasteiger partial charge is 0.264 e. The van der Waals surface area contributed by atoms with Gasteiger partial charge in [0.2, 0.25) is 11.8 Å². The van der Waals surface area contributed by atoms with E-state index in [9.17, 15) is 24.4 Å². The first-order chi connectivity index (χ1) is 27.9. The average Bonchev–Trinajstić information content (AvgIpc) is 3.62. The summed E-state index contributed by atoms with van der Waals surface area (Å²) in [7, 11) is 0. The maximum absolute atomic E-state index is 13.2. The number of anilines is 2. The molecule has 19 nitrogen and oxygen atoms in total. The third-order valence-corrected chi connectivity index (χ3v) is 9.63. The summed E-state index contributed by atoms with van der Waals surface area (Å²) in [6, 6.07) is 10.0. The first-order valence-electron chi connectivity index (χ1n) is 18.6. The largest absolute Gasteiger partial charge is 0.382 e. The van der Waals surface area contributed by atoms with Crippen molar-refractivity contribution in [1.29, 1.82) is 5.26 Å². The molecule has 0 bridgehead atoms. The Kier molecular flexibility index (Phi) is 10.9. The average molecular weight is 775 g/mol. The Bertz CT molecular complexity index is 2380. The number of rotatable bonds is 18. The lowest BCUT2D eigenvalue weighted by Gasteiger charge is -2.27. The van der Waals surface area contributed by atoms with Gasteiger partial charge in [-0.3, -0.25) is 29.4 Å². The zero-order valence-corrected chi connectivity index (χ0v) is 30.7. The Balaban J connectivity index is 0.734. The molecule has 0 spiro atoms. The fourth-order valence-corrected chi connectivity index (χ4v) is 6.63. The predicted molar refractivity (Wildman–Crippen MR) is 201 cm³/mol. The molecule has 1 saturated carbocycles. The van der Waals surface area contributed by atoms with E-state index in [1.807, 2.05) is 12.3 Å². The van der Waals surface area contributed by atoms with Gasteiger partial charge in [0.05, 0.1) is 75.3 Å². The van der Waals surface area contributed by atoms with Crippen molar-refractivity contribution in [1.82, 2.24) is 45.0 Å². The van der Waals surface area contributed by atoms with E-state index in [0.717, 1.165) is 34.4 Å². The summed E-state index contributed by atoms with van der Waals surface area (Å²) in [5, 5.41) is 32.0. The van der Waals surface area contributed by atoms with E-state index in [2.05, 4.69) is 47.4 Å². The molecule has 2 fully saturated rings. The number of nitrogens with zero attached hydrogens (tertiary/aromatic N) is 9. The molecule has 1 saturated heterocycles. The monoisotopic (exact) mass is 774 g/mol. The van der Waals surface area contributed by atoms with Gasteiger partial charge in [0, 0.05) is 59.8 Å². The quantitative estimate of drug-likeness (QED) is 0.0854. The van der Waals surface area contributed by atoms with Gasteiger partial charge in [0.25, 0.3) is 11.8 Å². The molecule has 1 aliphatic carbocycles. The number of hydrogen-bond donors (Lipinski definition) is 3. The molecule has 3 N–H and O–H groups in total. The number of piperidine rings is 1. The molecule has 8 rings (SSSR count). The Morgan fingerprint density at radius 1 is 0.877 bits per heavy atom. The van der Waals surface area contributed by atoms with Crippen molar-refractivity contribution in [2.24, 2.45) is 0 Å². The number of aromatic nitrogens is 7. The number of hydrogen-bond acceptors (Lipinski definition) is 15. The minimum atomic E-state index is -1.02. The first kappa shape index (κ1) is 37.3. The summed E-state index contributed by atoms with van der Waals surface area (Å²) in [6.45, 7) is 3.09. The number of nitrogens with one attached hydrogen (secondary N) is 3. The maximum atomic E-state index is 13.2. The van der Waals surface area contributed by atoms with Gasteiger partial charge in [-0.05, 0) is 37.5 Å². The number of imide groups is 2. The van der Waals surface area contributed by atoms with Gasteiger partial charge in [0.1, 0.15) is 17.8 Å². The number of fused-ring (bicyclic) bond motifs is 2. The van der Waals surface area contributed by atoms with Gasteiger partial charge in [-0.1, -0.05) is 11.3 Å². The van der Waals surface area contributed by atoms with Crippen molar-refractivity contribution in [2.45, 2.75) is 44.3 Å². The zero-order chi connectivity index (χ0) is 39.3. The standard InChI is InChI=1S/C38H38N12O7/c39-18-23-16-24-20-43-50(35(24)42-19-23)32-17-29(44-25-4-5-25)27(21-41-32)30-22-48(47-46-30)9-11-56-13-15-57-14-12-55-10-8-40-28-3-1-2-26-34(28)38(54)49(37(26)53)31-6-7-33(51)45-36(31)52/h1-3,16-17,19-22,25,31,40H,4-15H2,(H,41,44)(H,45,51,52). The lowest BCUT2D eigenvalue weighted by atomic mass is 10.0. The van der Waals surface area contributed by atoms with Crippen LogP contribution >= 0.6 is 0 Å². The van der Waals surface area contributed by atoms with Gasteiger partial charge in [0.15, 0.2) is 11.5 Å². The molecular weight excluding hydrogens is 736 g/mol. The Morgan fingerprint density at radius 2 is 1.68 bits per heavy atom. The lowest BCUT2D eigenvalue weighted by Crippen LogP contribution is -2.54. The Hall–Kier alpha value is -6.62. The SMILES string of the molecule is N#Cc1cnc2c(cnn2-c2cc(NC3CC3)c(-c3cn(CCOCCOCCOCCNc4cccc5c4C(=O)N(C4CCC(=O)NC4=O)C5=O)nn3)cn2)c1. The van der Waals surface area contributed by atoms with Crippen LogP contribution < -0.4 is 16.0 Å². The number of nitriles is 1.